The number of aromatic carboxylic acids is 1. The Labute approximate surface area is 94.9 Å². The highest BCUT2D eigenvalue weighted by molar-refractivity contribution is 7.10. The number of carboxylic acids is 1. The Morgan fingerprint density at radius 2 is 2.44 bits per heavy atom. The van der Waals surface area contributed by atoms with Crippen LogP contribution in [0.5, 0.6) is 0 Å². The Bertz CT molecular complexity index is 466. The average molecular weight is 239 g/mol. The Kier molecular flexibility index (Phi) is 3.28. The van der Waals surface area contributed by atoms with Crippen molar-refractivity contribution in [2.45, 2.75) is 13.1 Å². The van der Waals surface area contributed by atoms with E-state index in [4.69, 9.17) is 5.11 Å². The van der Waals surface area contributed by atoms with Gasteiger partial charge < -0.3 is 14.9 Å². The molecule has 0 saturated heterocycles. The maximum Gasteiger partial charge on any atom is 0.336 e. The maximum atomic E-state index is 10.6. The SMILES string of the molecule is O=C(O)c1csc(CNCc2ncon2)c1. The summed E-state index contributed by atoms with van der Waals surface area (Å²) in [6, 6.07) is 1.65. The number of carboxylic acid groups (broad SMARTS) is 1. The van der Waals surface area contributed by atoms with Crippen molar-refractivity contribution in [3.8, 4) is 0 Å². The van der Waals surface area contributed by atoms with E-state index in [9.17, 15) is 4.79 Å². The highest BCUT2D eigenvalue weighted by Crippen LogP contribution is 2.14. The van der Waals surface area contributed by atoms with Crippen LogP contribution >= 0.6 is 11.3 Å². The Morgan fingerprint density at radius 1 is 1.56 bits per heavy atom. The number of hydrogen-bond donors (Lipinski definition) is 2. The molecule has 0 saturated carbocycles. The van der Waals surface area contributed by atoms with Crippen LogP contribution in [0.25, 0.3) is 0 Å². The van der Waals surface area contributed by atoms with Crippen molar-refractivity contribution < 1.29 is 14.4 Å². The molecular formula is C9H9N3O3S. The minimum Gasteiger partial charge on any atom is -0.478 e. The summed E-state index contributed by atoms with van der Waals surface area (Å²) in [7, 11) is 0. The molecule has 0 bridgehead atoms. The Balaban J connectivity index is 1.83. The molecule has 0 atom stereocenters. The van der Waals surface area contributed by atoms with E-state index in [1.807, 2.05) is 0 Å². The summed E-state index contributed by atoms with van der Waals surface area (Å²) in [5.41, 5.74) is 0.321. The molecule has 84 valence electrons. The van der Waals surface area contributed by atoms with Crippen LogP contribution in [0.1, 0.15) is 21.1 Å². The fourth-order valence-electron chi connectivity index (χ4n) is 1.15. The fourth-order valence-corrected chi connectivity index (χ4v) is 1.98. The molecule has 0 spiro atoms. The lowest BCUT2D eigenvalue weighted by molar-refractivity contribution is 0.0697. The third-order valence-corrected chi connectivity index (χ3v) is 2.83. The predicted molar refractivity (Wildman–Crippen MR) is 56.1 cm³/mol. The number of rotatable bonds is 5. The summed E-state index contributed by atoms with van der Waals surface area (Å²) in [6.07, 6.45) is 1.27. The number of thiophene rings is 1. The first-order valence-electron chi connectivity index (χ1n) is 4.52. The van der Waals surface area contributed by atoms with Crippen molar-refractivity contribution in [3.63, 3.8) is 0 Å². The number of nitrogens with zero attached hydrogens (tertiary/aromatic N) is 2. The van der Waals surface area contributed by atoms with Crippen molar-refractivity contribution in [1.82, 2.24) is 15.5 Å². The van der Waals surface area contributed by atoms with Gasteiger partial charge in [-0.3, -0.25) is 0 Å². The zero-order valence-corrected chi connectivity index (χ0v) is 9.03. The molecule has 2 N–H and O–H groups in total. The molecule has 0 aliphatic carbocycles. The normalized spacial score (nSPS) is 10.5. The Hall–Kier alpha value is -1.73. The molecule has 0 radical (unpaired) electrons. The van der Waals surface area contributed by atoms with E-state index in [0.717, 1.165) is 4.88 Å². The summed E-state index contributed by atoms with van der Waals surface area (Å²) in [5, 5.41) is 17.1. The summed E-state index contributed by atoms with van der Waals surface area (Å²) in [6.45, 7) is 1.09. The maximum absolute atomic E-state index is 10.6. The van der Waals surface area contributed by atoms with Crippen molar-refractivity contribution >= 4 is 17.3 Å². The van der Waals surface area contributed by atoms with Crippen molar-refractivity contribution in [1.29, 1.82) is 0 Å². The Morgan fingerprint density at radius 3 is 3.06 bits per heavy atom. The lowest BCUT2D eigenvalue weighted by Crippen LogP contribution is -2.12. The zero-order valence-electron chi connectivity index (χ0n) is 8.21. The van der Waals surface area contributed by atoms with Gasteiger partial charge in [0.25, 0.3) is 0 Å². The van der Waals surface area contributed by atoms with Gasteiger partial charge in [-0.25, -0.2) is 4.79 Å². The molecule has 7 heteroatoms. The van der Waals surface area contributed by atoms with Crippen LogP contribution in [-0.2, 0) is 13.1 Å². The third kappa shape index (κ3) is 2.65. The van der Waals surface area contributed by atoms with E-state index in [-0.39, 0.29) is 0 Å². The first-order chi connectivity index (χ1) is 7.75. The van der Waals surface area contributed by atoms with Gasteiger partial charge in [-0.15, -0.1) is 11.3 Å². The predicted octanol–water partition coefficient (Wildman–Crippen LogP) is 1.12. The average Bonchev–Trinajstić information content (AvgIpc) is 2.87. The van der Waals surface area contributed by atoms with Crippen molar-refractivity contribution in [2.75, 3.05) is 0 Å². The molecular weight excluding hydrogens is 230 g/mol. The molecule has 16 heavy (non-hydrogen) atoms. The second kappa shape index (κ2) is 4.86. The molecule has 2 rings (SSSR count). The van der Waals surface area contributed by atoms with Gasteiger partial charge in [0.1, 0.15) is 0 Å². The zero-order chi connectivity index (χ0) is 11.4. The molecule has 2 aromatic rings. The highest BCUT2D eigenvalue weighted by Gasteiger charge is 2.06. The summed E-state index contributed by atoms with van der Waals surface area (Å²) in [5.74, 6) is -0.323. The van der Waals surface area contributed by atoms with E-state index in [2.05, 4.69) is 20.0 Å². The van der Waals surface area contributed by atoms with Gasteiger partial charge >= 0.3 is 5.97 Å². The first-order valence-corrected chi connectivity index (χ1v) is 5.40. The second-order valence-corrected chi connectivity index (χ2v) is 4.05. The van der Waals surface area contributed by atoms with Crippen LogP contribution < -0.4 is 5.32 Å². The topological polar surface area (TPSA) is 88.2 Å². The molecule has 0 aromatic carbocycles. The molecule has 6 nitrogen and oxygen atoms in total. The summed E-state index contributed by atoms with van der Waals surface area (Å²) < 4.78 is 4.58. The smallest absolute Gasteiger partial charge is 0.336 e. The van der Waals surface area contributed by atoms with Crippen LogP contribution in [0.3, 0.4) is 0 Å². The number of carbonyl (C=O) groups is 1. The lowest BCUT2D eigenvalue weighted by Gasteiger charge is -1.97. The number of nitrogens with one attached hydrogen (secondary N) is 1. The van der Waals surface area contributed by atoms with Gasteiger partial charge in [-0.1, -0.05) is 5.16 Å². The van der Waals surface area contributed by atoms with E-state index < -0.39 is 5.97 Å². The number of hydrogen-bond acceptors (Lipinski definition) is 6. The van der Waals surface area contributed by atoms with Gasteiger partial charge in [0.05, 0.1) is 12.1 Å². The lowest BCUT2D eigenvalue weighted by atomic mass is 10.3. The molecule has 2 heterocycles. The first kappa shape index (κ1) is 10.8. The highest BCUT2D eigenvalue weighted by atomic mass is 32.1. The molecule has 0 aliphatic rings. The number of aromatic nitrogens is 2. The summed E-state index contributed by atoms with van der Waals surface area (Å²) in [4.78, 5) is 15.4. The van der Waals surface area contributed by atoms with Gasteiger partial charge in [0.15, 0.2) is 5.82 Å². The van der Waals surface area contributed by atoms with E-state index in [0.29, 0.717) is 24.5 Å². The van der Waals surface area contributed by atoms with Crippen LogP contribution in [0.2, 0.25) is 0 Å². The molecule has 0 fully saturated rings. The van der Waals surface area contributed by atoms with Crippen LogP contribution in [0.15, 0.2) is 22.4 Å². The van der Waals surface area contributed by atoms with Gasteiger partial charge in [0.2, 0.25) is 6.39 Å². The van der Waals surface area contributed by atoms with Gasteiger partial charge in [-0.05, 0) is 6.07 Å². The molecule has 0 aliphatic heterocycles. The van der Waals surface area contributed by atoms with Crippen LogP contribution in [0, 0.1) is 0 Å². The third-order valence-electron chi connectivity index (χ3n) is 1.89. The van der Waals surface area contributed by atoms with Crippen molar-refractivity contribution in [2.24, 2.45) is 0 Å². The minimum atomic E-state index is -0.902. The molecule has 2 aromatic heterocycles. The van der Waals surface area contributed by atoms with Crippen LogP contribution in [0.4, 0.5) is 0 Å². The standard InChI is InChI=1S/C9H9N3O3S/c13-9(14)6-1-7(16-4-6)2-10-3-8-11-5-15-12-8/h1,4-5,10H,2-3H2,(H,13,14). The molecule has 0 unspecified atom stereocenters. The van der Waals surface area contributed by atoms with Crippen molar-refractivity contribution in [3.05, 3.63) is 34.1 Å². The largest absolute Gasteiger partial charge is 0.478 e. The fraction of sp³-hybridized carbons (Fsp3) is 0.222. The molecule has 0 amide bonds. The monoisotopic (exact) mass is 239 g/mol. The van der Waals surface area contributed by atoms with Crippen LogP contribution in [-0.4, -0.2) is 21.2 Å². The van der Waals surface area contributed by atoms with Gasteiger partial charge in [-0.2, -0.15) is 4.98 Å². The quantitative estimate of drug-likeness (QED) is 0.812. The second-order valence-electron chi connectivity index (χ2n) is 3.06. The summed E-state index contributed by atoms with van der Waals surface area (Å²) >= 11 is 1.41. The van der Waals surface area contributed by atoms with E-state index in [1.54, 1.807) is 11.4 Å². The van der Waals surface area contributed by atoms with Gasteiger partial charge in [0, 0.05) is 16.8 Å². The van der Waals surface area contributed by atoms with E-state index in [1.165, 1.54) is 17.7 Å². The van der Waals surface area contributed by atoms with E-state index >= 15 is 0 Å². The minimum absolute atomic E-state index is 0.321.